The Morgan fingerprint density at radius 3 is 2.10 bits per heavy atom. The highest BCUT2D eigenvalue weighted by molar-refractivity contribution is 9.11. The van der Waals surface area contributed by atoms with E-state index in [9.17, 15) is 14.7 Å². The number of benzene rings is 4. The molecule has 0 aliphatic carbocycles. The molecule has 0 saturated carbocycles. The lowest BCUT2D eigenvalue weighted by atomic mass is 9.99. The fourth-order valence-electron chi connectivity index (χ4n) is 4.29. The first kappa shape index (κ1) is 29.4. The molecule has 0 aromatic heterocycles. The van der Waals surface area contributed by atoms with E-state index in [0.29, 0.717) is 37.3 Å². The molecule has 4 rings (SSSR count). The smallest absolute Gasteiger partial charge is 0.307 e. The molecule has 4 aromatic carbocycles. The van der Waals surface area contributed by atoms with Gasteiger partial charge in [0, 0.05) is 11.1 Å². The highest BCUT2D eigenvalue weighted by Crippen LogP contribution is 2.42. The van der Waals surface area contributed by atoms with E-state index in [2.05, 4.69) is 45.7 Å². The second kappa shape index (κ2) is 12.7. The molecular formula is C32H28Br2O6. The van der Waals surface area contributed by atoms with Crippen LogP contribution in [0.25, 0.3) is 0 Å². The van der Waals surface area contributed by atoms with Crippen LogP contribution in [0.2, 0.25) is 0 Å². The molecule has 0 fully saturated rings. The fraction of sp³-hybridized carbons (Fsp3) is 0.188. The first-order valence-corrected chi connectivity index (χ1v) is 14.1. The second-order valence-electron chi connectivity index (χ2n) is 9.55. The SMILES string of the molecule is COc1ccc(Oc2cccc(Oc3c(Br)cc(CC(=O)O)cc3Br)c2C(=O)c2cccc(C)c2)cc1C(C)C. The first-order valence-electron chi connectivity index (χ1n) is 12.5. The Kier molecular flexibility index (Phi) is 9.32. The number of carbonyl (C=O) groups excluding carboxylic acids is 1. The van der Waals surface area contributed by atoms with Crippen molar-refractivity contribution in [1.82, 2.24) is 0 Å². The Bertz CT molecular complexity index is 1550. The van der Waals surface area contributed by atoms with Crippen LogP contribution < -0.4 is 14.2 Å². The van der Waals surface area contributed by atoms with Crippen LogP contribution in [0.1, 0.15) is 52.4 Å². The third kappa shape index (κ3) is 6.74. The predicted molar refractivity (Wildman–Crippen MR) is 161 cm³/mol. The molecule has 0 radical (unpaired) electrons. The van der Waals surface area contributed by atoms with Gasteiger partial charge in [0.05, 0.1) is 22.5 Å². The van der Waals surface area contributed by atoms with Crippen LogP contribution in [0.3, 0.4) is 0 Å². The molecule has 0 aliphatic heterocycles. The Hall–Kier alpha value is -3.62. The van der Waals surface area contributed by atoms with Crippen molar-refractivity contribution >= 4 is 43.6 Å². The third-order valence-electron chi connectivity index (χ3n) is 6.17. The summed E-state index contributed by atoms with van der Waals surface area (Å²) in [4.78, 5) is 25.2. The first-order chi connectivity index (χ1) is 19.1. The van der Waals surface area contributed by atoms with Gasteiger partial charge in [-0.2, -0.15) is 0 Å². The molecule has 0 amide bonds. The average Bonchev–Trinajstić information content (AvgIpc) is 2.90. The number of aliphatic carboxylic acids is 1. The standard InChI is InChI=1S/C32H28Br2O6/c1-18(2)23-17-22(11-12-26(23)38-4)39-27-9-6-10-28(30(27)31(37)21-8-5-7-19(3)13-21)40-32-24(33)14-20(15-25(32)34)16-29(35)36/h5-15,17-18H,16H2,1-4H3,(H,35,36). The molecule has 0 unspecified atom stereocenters. The number of carbonyl (C=O) groups is 2. The van der Waals surface area contributed by atoms with Gasteiger partial charge >= 0.3 is 5.97 Å². The van der Waals surface area contributed by atoms with Crippen LogP contribution in [0.4, 0.5) is 0 Å². The summed E-state index contributed by atoms with van der Waals surface area (Å²) < 4.78 is 19.2. The molecular weight excluding hydrogens is 640 g/mol. The second-order valence-corrected chi connectivity index (χ2v) is 11.3. The Balaban J connectivity index is 1.82. The maximum atomic E-state index is 14.0. The van der Waals surface area contributed by atoms with Gasteiger partial charge in [0.15, 0.2) is 5.75 Å². The number of rotatable bonds is 10. The maximum absolute atomic E-state index is 14.0. The molecule has 206 valence electrons. The molecule has 6 nitrogen and oxygen atoms in total. The monoisotopic (exact) mass is 666 g/mol. The van der Waals surface area contributed by atoms with Crippen LogP contribution in [0.5, 0.6) is 28.7 Å². The Morgan fingerprint density at radius 1 is 0.850 bits per heavy atom. The molecule has 0 aliphatic rings. The summed E-state index contributed by atoms with van der Waals surface area (Å²) >= 11 is 6.99. The van der Waals surface area contributed by atoms with E-state index in [0.717, 1.165) is 16.9 Å². The number of carboxylic acid groups (broad SMARTS) is 1. The van der Waals surface area contributed by atoms with Crippen molar-refractivity contribution in [3.63, 3.8) is 0 Å². The largest absolute Gasteiger partial charge is 0.496 e. The van der Waals surface area contributed by atoms with Gasteiger partial charge in [-0.05, 0) is 98.8 Å². The summed E-state index contributed by atoms with van der Waals surface area (Å²) in [6.07, 6.45) is -0.141. The van der Waals surface area contributed by atoms with Crippen molar-refractivity contribution < 1.29 is 28.9 Å². The molecule has 0 spiro atoms. The number of ketones is 1. The highest BCUT2D eigenvalue weighted by atomic mass is 79.9. The number of halogens is 2. The van der Waals surface area contributed by atoms with E-state index in [1.165, 1.54) is 0 Å². The minimum absolute atomic E-state index is 0.141. The molecule has 1 N–H and O–H groups in total. The van der Waals surface area contributed by atoms with Gasteiger partial charge in [-0.25, -0.2) is 0 Å². The lowest BCUT2D eigenvalue weighted by Crippen LogP contribution is -2.07. The van der Waals surface area contributed by atoms with Gasteiger partial charge < -0.3 is 19.3 Å². The van der Waals surface area contributed by atoms with Crippen molar-refractivity contribution in [2.24, 2.45) is 0 Å². The Morgan fingerprint density at radius 2 is 1.50 bits per heavy atom. The number of hydrogen-bond acceptors (Lipinski definition) is 5. The van der Waals surface area contributed by atoms with Gasteiger partial charge in [0.2, 0.25) is 5.78 Å². The van der Waals surface area contributed by atoms with E-state index in [4.69, 9.17) is 14.2 Å². The van der Waals surface area contributed by atoms with Crippen LogP contribution in [0.15, 0.2) is 81.7 Å². The average molecular weight is 668 g/mol. The fourth-order valence-corrected chi connectivity index (χ4v) is 5.73. The summed E-state index contributed by atoms with van der Waals surface area (Å²) in [6, 6.07) is 21.4. The van der Waals surface area contributed by atoms with E-state index in [1.54, 1.807) is 49.6 Å². The minimum atomic E-state index is -0.942. The van der Waals surface area contributed by atoms with Crippen molar-refractivity contribution in [1.29, 1.82) is 0 Å². The maximum Gasteiger partial charge on any atom is 0.307 e. The van der Waals surface area contributed by atoms with Crippen molar-refractivity contribution in [2.75, 3.05) is 7.11 Å². The molecule has 8 heteroatoms. The molecule has 0 heterocycles. The van der Waals surface area contributed by atoms with Gasteiger partial charge in [-0.3, -0.25) is 9.59 Å². The van der Waals surface area contributed by atoms with Crippen LogP contribution in [0, 0.1) is 6.92 Å². The van der Waals surface area contributed by atoms with Crippen LogP contribution in [-0.2, 0) is 11.2 Å². The highest BCUT2D eigenvalue weighted by Gasteiger charge is 2.24. The van der Waals surface area contributed by atoms with Gasteiger partial charge in [0.1, 0.15) is 28.6 Å². The molecule has 4 aromatic rings. The number of aryl methyl sites for hydroxylation is 1. The summed E-state index contributed by atoms with van der Waals surface area (Å²) in [7, 11) is 1.63. The third-order valence-corrected chi connectivity index (χ3v) is 7.35. The van der Waals surface area contributed by atoms with E-state index < -0.39 is 5.97 Å². The summed E-state index contributed by atoms with van der Waals surface area (Å²) in [5, 5.41) is 9.19. The predicted octanol–water partition coefficient (Wildman–Crippen LogP) is 9.09. The molecule has 0 atom stereocenters. The van der Waals surface area contributed by atoms with E-state index in [-0.39, 0.29) is 29.4 Å². The van der Waals surface area contributed by atoms with E-state index in [1.807, 2.05) is 37.3 Å². The number of ether oxygens (including phenoxy) is 3. The van der Waals surface area contributed by atoms with Crippen molar-refractivity contribution in [3.8, 4) is 28.7 Å². The zero-order valence-electron chi connectivity index (χ0n) is 22.5. The Labute approximate surface area is 250 Å². The number of methoxy groups -OCH3 is 1. The van der Waals surface area contributed by atoms with Gasteiger partial charge in [-0.1, -0.05) is 43.7 Å². The summed E-state index contributed by atoms with van der Waals surface area (Å²) in [5.41, 5.74) is 3.26. The topological polar surface area (TPSA) is 82.1 Å². The van der Waals surface area contributed by atoms with Gasteiger partial charge in [0.25, 0.3) is 0 Å². The normalized spacial score (nSPS) is 10.9. The quantitative estimate of drug-likeness (QED) is 0.170. The van der Waals surface area contributed by atoms with Crippen LogP contribution in [-0.4, -0.2) is 24.0 Å². The number of carboxylic acids is 1. The van der Waals surface area contributed by atoms with E-state index >= 15 is 0 Å². The zero-order chi connectivity index (χ0) is 29.0. The van der Waals surface area contributed by atoms with Crippen LogP contribution >= 0.6 is 31.9 Å². The van der Waals surface area contributed by atoms with Crippen molar-refractivity contribution in [2.45, 2.75) is 33.1 Å². The summed E-state index contributed by atoms with van der Waals surface area (Å²) in [5.74, 6) is 1.32. The zero-order valence-corrected chi connectivity index (χ0v) is 25.6. The molecule has 0 saturated heterocycles. The number of hydrogen-bond donors (Lipinski definition) is 1. The van der Waals surface area contributed by atoms with Crippen molar-refractivity contribution in [3.05, 3.63) is 110 Å². The summed E-state index contributed by atoms with van der Waals surface area (Å²) in [6.45, 7) is 6.06. The lowest BCUT2D eigenvalue weighted by molar-refractivity contribution is -0.136. The minimum Gasteiger partial charge on any atom is -0.496 e. The lowest BCUT2D eigenvalue weighted by Gasteiger charge is -2.18. The molecule has 0 bridgehead atoms. The van der Waals surface area contributed by atoms with Gasteiger partial charge in [-0.15, -0.1) is 0 Å². The molecule has 40 heavy (non-hydrogen) atoms.